The van der Waals surface area contributed by atoms with Crippen LogP contribution in [0.2, 0.25) is 0 Å². The number of hydrogen-bond donors (Lipinski definition) is 1. The Bertz CT molecular complexity index is 269. The molecule has 17 heavy (non-hydrogen) atoms. The largest absolute Gasteiger partial charge is 0.309 e. The zero-order chi connectivity index (χ0) is 12.3. The van der Waals surface area contributed by atoms with Crippen molar-refractivity contribution in [2.24, 2.45) is 5.92 Å². The number of rotatable bonds is 4. The Morgan fingerprint density at radius 2 is 1.94 bits per heavy atom. The van der Waals surface area contributed by atoms with Crippen molar-refractivity contribution in [3.05, 3.63) is 11.1 Å². The average Bonchev–Trinajstić information content (AvgIpc) is 2.17. The van der Waals surface area contributed by atoms with Gasteiger partial charge in [0.1, 0.15) is 0 Å². The molecule has 0 saturated carbocycles. The minimum Gasteiger partial charge on any atom is -0.309 e. The van der Waals surface area contributed by atoms with E-state index >= 15 is 0 Å². The Balaban J connectivity index is 1.72. The number of nitrogens with one attached hydrogen (secondary N) is 1. The normalized spacial score (nSPS) is 22.9. The lowest BCUT2D eigenvalue weighted by molar-refractivity contribution is 0.172. The van der Waals surface area contributed by atoms with Crippen molar-refractivity contribution in [3.8, 4) is 0 Å². The molecule has 1 N–H and O–H groups in total. The highest BCUT2D eigenvalue weighted by Gasteiger charge is 2.20. The Labute approximate surface area is 106 Å². The molecule has 0 aromatic heterocycles. The van der Waals surface area contributed by atoms with Gasteiger partial charge in [-0.1, -0.05) is 5.57 Å². The number of hydrogen-bond acceptors (Lipinski definition) is 3. The molecule has 2 rings (SSSR count). The fourth-order valence-electron chi connectivity index (χ4n) is 2.84. The summed E-state index contributed by atoms with van der Waals surface area (Å²) in [7, 11) is 4.37. The van der Waals surface area contributed by atoms with E-state index in [1.165, 1.54) is 39.0 Å². The standard InChI is InChI=1S/C14H27N3/c1-12(14-8-15-9-14)10-17-6-4-13(5-7-17)11-16(2)3/h13,15H,4-11H2,1-3H3. The molecule has 0 aromatic carbocycles. The van der Waals surface area contributed by atoms with E-state index in [4.69, 9.17) is 0 Å². The summed E-state index contributed by atoms with van der Waals surface area (Å²) in [6, 6.07) is 0. The maximum Gasteiger partial charge on any atom is 0.0193 e. The summed E-state index contributed by atoms with van der Waals surface area (Å²) >= 11 is 0. The van der Waals surface area contributed by atoms with Gasteiger partial charge in [-0.05, 0) is 58.4 Å². The van der Waals surface area contributed by atoms with Crippen molar-refractivity contribution in [2.45, 2.75) is 19.8 Å². The van der Waals surface area contributed by atoms with Crippen molar-refractivity contribution >= 4 is 0 Å². The van der Waals surface area contributed by atoms with Gasteiger partial charge in [0.05, 0.1) is 0 Å². The number of likely N-dealkylation sites (tertiary alicyclic amines) is 1. The molecule has 0 atom stereocenters. The van der Waals surface area contributed by atoms with Gasteiger partial charge in [0.15, 0.2) is 0 Å². The fourth-order valence-corrected chi connectivity index (χ4v) is 2.84. The van der Waals surface area contributed by atoms with Crippen molar-refractivity contribution in [1.82, 2.24) is 15.1 Å². The zero-order valence-corrected chi connectivity index (χ0v) is 11.6. The van der Waals surface area contributed by atoms with Gasteiger partial charge in [-0.15, -0.1) is 0 Å². The number of piperidine rings is 1. The van der Waals surface area contributed by atoms with E-state index < -0.39 is 0 Å². The maximum absolute atomic E-state index is 3.33. The van der Waals surface area contributed by atoms with Crippen LogP contribution in [0.3, 0.4) is 0 Å². The molecule has 2 heterocycles. The van der Waals surface area contributed by atoms with Crippen LogP contribution >= 0.6 is 0 Å². The van der Waals surface area contributed by atoms with E-state index in [-0.39, 0.29) is 0 Å². The molecule has 2 saturated heterocycles. The van der Waals surface area contributed by atoms with Crippen LogP contribution in [0.15, 0.2) is 11.1 Å². The Morgan fingerprint density at radius 3 is 2.41 bits per heavy atom. The molecule has 0 aromatic rings. The van der Waals surface area contributed by atoms with Crippen LogP contribution in [0.5, 0.6) is 0 Å². The van der Waals surface area contributed by atoms with E-state index in [0.29, 0.717) is 0 Å². The first-order valence-electron chi connectivity index (χ1n) is 6.90. The first kappa shape index (κ1) is 13.1. The summed E-state index contributed by atoms with van der Waals surface area (Å²) in [5, 5.41) is 3.33. The lowest BCUT2D eigenvalue weighted by atomic mass is 9.95. The predicted molar refractivity (Wildman–Crippen MR) is 73.3 cm³/mol. The fraction of sp³-hybridized carbons (Fsp3) is 0.857. The molecule has 3 heteroatoms. The van der Waals surface area contributed by atoms with Crippen LogP contribution < -0.4 is 5.32 Å². The van der Waals surface area contributed by atoms with Crippen molar-refractivity contribution in [1.29, 1.82) is 0 Å². The Morgan fingerprint density at radius 1 is 1.29 bits per heavy atom. The first-order valence-corrected chi connectivity index (χ1v) is 6.90. The van der Waals surface area contributed by atoms with E-state index in [1.54, 1.807) is 11.1 Å². The third kappa shape index (κ3) is 3.80. The van der Waals surface area contributed by atoms with Gasteiger partial charge in [-0.25, -0.2) is 0 Å². The van der Waals surface area contributed by atoms with Crippen LogP contribution in [-0.2, 0) is 0 Å². The molecule has 0 radical (unpaired) electrons. The van der Waals surface area contributed by atoms with E-state index in [2.05, 4.69) is 36.1 Å². The molecule has 0 amide bonds. The third-order valence-corrected chi connectivity index (χ3v) is 4.07. The third-order valence-electron chi connectivity index (χ3n) is 4.07. The van der Waals surface area contributed by atoms with Crippen LogP contribution in [0.25, 0.3) is 0 Å². The highest BCUT2D eigenvalue weighted by atomic mass is 15.1. The van der Waals surface area contributed by atoms with Gasteiger partial charge in [0.2, 0.25) is 0 Å². The van der Waals surface area contributed by atoms with Gasteiger partial charge < -0.3 is 10.2 Å². The average molecular weight is 237 g/mol. The summed E-state index contributed by atoms with van der Waals surface area (Å²) in [6.45, 7) is 9.60. The maximum atomic E-state index is 3.33. The molecule has 2 aliphatic heterocycles. The number of nitrogens with zero attached hydrogens (tertiary/aromatic N) is 2. The van der Waals surface area contributed by atoms with Crippen LogP contribution in [0.1, 0.15) is 19.8 Å². The molecule has 2 aliphatic rings. The van der Waals surface area contributed by atoms with E-state index in [1.807, 2.05) is 0 Å². The van der Waals surface area contributed by atoms with Crippen molar-refractivity contribution in [2.75, 3.05) is 53.4 Å². The Hall–Kier alpha value is -0.380. The van der Waals surface area contributed by atoms with Crippen LogP contribution in [0, 0.1) is 5.92 Å². The van der Waals surface area contributed by atoms with Crippen LogP contribution in [-0.4, -0.2) is 63.2 Å². The summed E-state index contributed by atoms with van der Waals surface area (Å²) in [6.07, 6.45) is 2.75. The van der Waals surface area contributed by atoms with Gasteiger partial charge in [0.25, 0.3) is 0 Å². The second kappa shape index (κ2) is 5.98. The highest BCUT2D eigenvalue weighted by Crippen LogP contribution is 2.19. The summed E-state index contributed by atoms with van der Waals surface area (Å²) in [4.78, 5) is 4.96. The SMILES string of the molecule is CC(CN1CCC(CN(C)C)CC1)=C1CNC1. The van der Waals surface area contributed by atoms with E-state index in [0.717, 1.165) is 19.0 Å². The van der Waals surface area contributed by atoms with E-state index in [9.17, 15) is 0 Å². The monoisotopic (exact) mass is 237 g/mol. The molecule has 3 nitrogen and oxygen atoms in total. The second-order valence-electron chi connectivity index (χ2n) is 5.97. The summed E-state index contributed by atoms with van der Waals surface area (Å²) in [5.74, 6) is 0.916. The van der Waals surface area contributed by atoms with Crippen molar-refractivity contribution in [3.63, 3.8) is 0 Å². The summed E-state index contributed by atoms with van der Waals surface area (Å²) in [5.41, 5.74) is 3.25. The Kier molecular flexibility index (Phi) is 4.60. The molecular formula is C14H27N3. The lowest BCUT2D eigenvalue weighted by Crippen LogP contribution is -2.40. The topological polar surface area (TPSA) is 18.5 Å². The minimum atomic E-state index is 0.916. The lowest BCUT2D eigenvalue weighted by Gasteiger charge is -2.34. The second-order valence-corrected chi connectivity index (χ2v) is 5.97. The molecule has 2 fully saturated rings. The quantitative estimate of drug-likeness (QED) is 0.741. The molecule has 98 valence electrons. The van der Waals surface area contributed by atoms with Gasteiger partial charge in [-0.2, -0.15) is 0 Å². The van der Waals surface area contributed by atoms with Gasteiger partial charge in [-0.3, -0.25) is 4.90 Å². The predicted octanol–water partition coefficient (Wildman–Crippen LogP) is 1.18. The molecule has 0 unspecified atom stereocenters. The van der Waals surface area contributed by atoms with Gasteiger partial charge >= 0.3 is 0 Å². The minimum absolute atomic E-state index is 0.916. The first-order chi connectivity index (χ1) is 8.15. The molecule has 0 spiro atoms. The van der Waals surface area contributed by atoms with Gasteiger partial charge in [0, 0.05) is 26.2 Å². The summed E-state index contributed by atoms with van der Waals surface area (Å²) < 4.78 is 0. The highest BCUT2D eigenvalue weighted by molar-refractivity contribution is 5.22. The zero-order valence-electron chi connectivity index (χ0n) is 11.6. The molecular weight excluding hydrogens is 210 g/mol. The molecule has 0 aliphatic carbocycles. The van der Waals surface area contributed by atoms with Crippen LogP contribution in [0.4, 0.5) is 0 Å². The van der Waals surface area contributed by atoms with Crippen molar-refractivity contribution < 1.29 is 0 Å². The molecule has 0 bridgehead atoms. The smallest absolute Gasteiger partial charge is 0.0193 e.